The topological polar surface area (TPSA) is 53.3 Å². The molecule has 1 rings (SSSR count). The zero-order chi connectivity index (χ0) is 14.2. The SMILES string of the molecule is CC.CC(C)(C)OC(=O)N1CCC(=CC#N)CC1. The van der Waals surface area contributed by atoms with Crippen molar-refractivity contribution in [2.24, 2.45) is 0 Å². The van der Waals surface area contributed by atoms with Crippen LogP contribution in [0.25, 0.3) is 0 Å². The summed E-state index contributed by atoms with van der Waals surface area (Å²) < 4.78 is 5.27. The van der Waals surface area contributed by atoms with Crippen molar-refractivity contribution in [1.82, 2.24) is 4.90 Å². The first kappa shape index (κ1) is 16.5. The van der Waals surface area contributed by atoms with Crippen molar-refractivity contribution in [3.8, 4) is 6.07 Å². The molecule has 0 bridgehead atoms. The van der Waals surface area contributed by atoms with Gasteiger partial charge in [0.15, 0.2) is 0 Å². The fourth-order valence-corrected chi connectivity index (χ4v) is 1.54. The van der Waals surface area contributed by atoms with Gasteiger partial charge in [-0.15, -0.1) is 0 Å². The first-order chi connectivity index (χ1) is 8.42. The predicted molar refractivity (Wildman–Crippen MR) is 72.1 cm³/mol. The Bertz CT molecular complexity index is 325. The summed E-state index contributed by atoms with van der Waals surface area (Å²) in [5, 5.41) is 8.51. The number of hydrogen-bond acceptors (Lipinski definition) is 3. The lowest BCUT2D eigenvalue weighted by Crippen LogP contribution is -2.40. The van der Waals surface area contributed by atoms with Gasteiger partial charge in [0.05, 0.1) is 6.07 Å². The number of piperidine rings is 1. The molecule has 4 nitrogen and oxygen atoms in total. The number of hydrogen-bond donors (Lipinski definition) is 0. The fourth-order valence-electron chi connectivity index (χ4n) is 1.54. The van der Waals surface area contributed by atoms with Crippen LogP contribution in [0.5, 0.6) is 0 Å². The standard InChI is InChI=1S/C12H18N2O2.C2H6/c1-12(2,3)16-11(15)14-8-5-10(4-7-13)6-9-14;1-2/h4H,5-6,8-9H2,1-3H3;1-2H3. The highest BCUT2D eigenvalue weighted by Gasteiger charge is 2.24. The van der Waals surface area contributed by atoms with E-state index in [1.165, 1.54) is 0 Å². The molecule has 102 valence electrons. The summed E-state index contributed by atoms with van der Waals surface area (Å²) in [7, 11) is 0. The third-order valence-electron chi connectivity index (χ3n) is 2.33. The van der Waals surface area contributed by atoms with Crippen LogP contribution in [0.3, 0.4) is 0 Å². The van der Waals surface area contributed by atoms with Gasteiger partial charge in [0.25, 0.3) is 0 Å². The molecule has 1 heterocycles. The average molecular weight is 252 g/mol. The predicted octanol–water partition coefficient (Wildman–Crippen LogP) is 3.49. The number of rotatable bonds is 0. The van der Waals surface area contributed by atoms with Crippen molar-refractivity contribution in [3.05, 3.63) is 11.6 Å². The van der Waals surface area contributed by atoms with E-state index in [2.05, 4.69) is 0 Å². The van der Waals surface area contributed by atoms with E-state index in [4.69, 9.17) is 10.00 Å². The molecule has 1 aliphatic heterocycles. The van der Waals surface area contributed by atoms with Crippen molar-refractivity contribution >= 4 is 6.09 Å². The van der Waals surface area contributed by atoms with Gasteiger partial charge in [0, 0.05) is 19.2 Å². The molecular formula is C14H24N2O2. The van der Waals surface area contributed by atoms with Crippen LogP contribution in [-0.2, 0) is 4.74 Å². The number of nitrogens with zero attached hydrogens (tertiary/aromatic N) is 2. The van der Waals surface area contributed by atoms with Gasteiger partial charge in [-0.1, -0.05) is 19.4 Å². The number of allylic oxidation sites excluding steroid dienone is 1. The van der Waals surface area contributed by atoms with Crippen molar-refractivity contribution in [2.75, 3.05) is 13.1 Å². The van der Waals surface area contributed by atoms with Gasteiger partial charge in [-0.25, -0.2) is 4.79 Å². The van der Waals surface area contributed by atoms with E-state index in [0.29, 0.717) is 13.1 Å². The van der Waals surface area contributed by atoms with Crippen LogP contribution in [0.1, 0.15) is 47.5 Å². The van der Waals surface area contributed by atoms with Gasteiger partial charge in [-0.2, -0.15) is 5.26 Å². The third-order valence-corrected chi connectivity index (χ3v) is 2.33. The molecule has 0 atom stereocenters. The van der Waals surface area contributed by atoms with E-state index in [-0.39, 0.29) is 6.09 Å². The Morgan fingerprint density at radius 3 is 2.22 bits per heavy atom. The highest BCUT2D eigenvalue weighted by atomic mass is 16.6. The third kappa shape index (κ3) is 6.29. The van der Waals surface area contributed by atoms with Crippen LogP contribution in [-0.4, -0.2) is 29.7 Å². The molecule has 0 N–H and O–H groups in total. The first-order valence-corrected chi connectivity index (χ1v) is 6.48. The summed E-state index contributed by atoms with van der Waals surface area (Å²) in [6.45, 7) is 10.9. The Balaban J connectivity index is 0.00000137. The lowest BCUT2D eigenvalue weighted by atomic mass is 10.0. The van der Waals surface area contributed by atoms with E-state index in [1.807, 2.05) is 40.7 Å². The number of ether oxygens (including phenoxy) is 1. The van der Waals surface area contributed by atoms with Crippen LogP contribution in [0.4, 0.5) is 4.79 Å². The van der Waals surface area contributed by atoms with Crippen LogP contribution in [0.15, 0.2) is 11.6 Å². The fraction of sp³-hybridized carbons (Fsp3) is 0.714. The summed E-state index contributed by atoms with van der Waals surface area (Å²) >= 11 is 0. The molecule has 1 saturated heterocycles. The molecule has 1 amide bonds. The molecule has 0 aromatic carbocycles. The largest absolute Gasteiger partial charge is 0.444 e. The summed E-state index contributed by atoms with van der Waals surface area (Å²) in [6, 6.07) is 2.02. The quantitative estimate of drug-likeness (QED) is 0.620. The van der Waals surface area contributed by atoms with E-state index >= 15 is 0 Å². The van der Waals surface area contributed by atoms with Gasteiger partial charge >= 0.3 is 6.09 Å². The van der Waals surface area contributed by atoms with Gasteiger partial charge in [-0.05, 0) is 33.6 Å². The Hall–Kier alpha value is -1.50. The summed E-state index contributed by atoms with van der Waals surface area (Å²) in [5.74, 6) is 0. The minimum atomic E-state index is -0.445. The second-order valence-corrected chi connectivity index (χ2v) is 4.90. The van der Waals surface area contributed by atoms with E-state index < -0.39 is 5.60 Å². The minimum Gasteiger partial charge on any atom is -0.444 e. The van der Waals surface area contributed by atoms with Crippen molar-refractivity contribution in [3.63, 3.8) is 0 Å². The minimum absolute atomic E-state index is 0.261. The number of likely N-dealkylation sites (tertiary alicyclic amines) is 1. The molecule has 18 heavy (non-hydrogen) atoms. The molecule has 0 aliphatic carbocycles. The van der Waals surface area contributed by atoms with Crippen LogP contribution >= 0.6 is 0 Å². The smallest absolute Gasteiger partial charge is 0.410 e. The highest BCUT2D eigenvalue weighted by Crippen LogP contribution is 2.18. The zero-order valence-electron chi connectivity index (χ0n) is 12.1. The summed E-state index contributed by atoms with van der Waals surface area (Å²) in [5.41, 5.74) is 0.669. The molecule has 0 aromatic rings. The van der Waals surface area contributed by atoms with E-state index in [1.54, 1.807) is 11.0 Å². The van der Waals surface area contributed by atoms with Crippen molar-refractivity contribution in [2.45, 2.75) is 53.1 Å². The molecule has 0 aromatic heterocycles. The number of amides is 1. The van der Waals surface area contributed by atoms with Crippen molar-refractivity contribution < 1.29 is 9.53 Å². The summed E-state index contributed by atoms with van der Waals surface area (Å²) in [4.78, 5) is 13.4. The Morgan fingerprint density at radius 2 is 1.83 bits per heavy atom. The van der Waals surface area contributed by atoms with Gasteiger partial charge in [-0.3, -0.25) is 0 Å². The molecule has 4 heteroatoms. The van der Waals surface area contributed by atoms with Gasteiger partial charge in [0.2, 0.25) is 0 Å². The van der Waals surface area contributed by atoms with Crippen LogP contribution < -0.4 is 0 Å². The van der Waals surface area contributed by atoms with E-state index in [0.717, 1.165) is 18.4 Å². The maximum Gasteiger partial charge on any atom is 0.410 e. The number of carbonyl (C=O) groups is 1. The Morgan fingerprint density at radius 1 is 1.33 bits per heavy atom. The number of nitriles is 1. The summed E-state index contributed by atoms with van der Waals surface area (Å²) in [6.07, 6.45) is 2.86. The average Bonchev–Trinajstić information content (AvgIpc) is 2.31. The van der Waals surface area contributed by atoms with Crippen LogP contribution in [0, 0.1) is 11.3 Å². The Labute approximate surface area is 110 Å². The molecule has 1 fully saturated rings. The monoisotopic (exact) mass is 252 g/mol. The first-order valence-electron chi connectivity index (χ1n) is 6.48. The maximum absolute atomic E-state index is 11.7. The van der Waals surface area contributed by atoms with Crippen molar-refractivity contribution in [1.29, 1.82) is 5.26 Å². The normalized spacial score (nSPS) is 15.1. The molecule has 0 spiro atoms. The lowest BCUT2D eigenvalue weighted by molar-refractivity contribution is 0.0236. The van der Waals surface area contributed by atoms with E-state index in [9.17, 15) is 4.79 Å². The molecular weight excluding hydrogens is 228 g/mol. The second-order valence-electron chi connectivity index (χ2n) is 4.90. The maximum atomic E-state index is 11.7. The van der Waals surface area contributed by atoms with Gasteiger partial charge < -0.3 is 9.64 Å². The molecule has 0 unspecified atom stereocenters. The molecule has 0 saturated carbocycles. The Kier molecular flexibility index (Phi) is 7.11. The van der Waals surface area contributed by atoms with Crippen LogP contribution in [0.2, 0.25) is 0 Å². The molecule has 0 radical (unpaired) electrons. The molecule has 1 aliphatic rings. The highest BCUT2D eigenvalue weighted by molar-refractivity contribution is 5.68. The number of carbonyl (C=O) groups excluding carboxylic acids is 1. The lowest BCUT2D eigenvalue weighted by Gasteiger charge is -2.30. The van der Waals surface area contributed by atoms with Gasteiger partial charge in [0.1, 0.15) is 5.60 Å². The second kappa shape index (κ2) is 7.75. The zero-order valence-corrected chi connectivity index (χ0v) is 12.1.